The fourth-order valence-corrected chi connectivity index (χ4v) is 6.53. The van der Waals surface area contributed by atoms with E-state index in [0.717, 1.165) is 42.6 Å². The molecule has 1 aromatic carbocycles. The highest BCUT2D eigenvalue weighted by molar-refractivity contribution is 7.20. The van der Waals surface area contributed by atoms with E-state index in [0.29, 0.717) is 37.8 Å². The van der Waals surface area contributed by atoms with Crippen molar-refractivity contribution in [3.05, 3.63) is 83.9 Å². The quantitative estimate of drug-likeness (QED) is 0.292. The Hall–Kier alpha value is -3.30. The molecule has 5 rings (SSSR count). The number of fused-ring (bicyclic) bond motifs is 2. The van der Waals surface area contributed by atoms with Gasteiger partial charge in [0.15, 0.2) is 0 Å². The number of rotatable bonds is 4. The average molecular weight is 493 g/mol. The molecule has 1 aliphatic carbocycles. The topological polar surface area (TPSA) is 104 Å². The monoisotopic (exact) mass is 492 g/mol. The summed E-state index contributed by atoms with van der Waals surface area (Å²) in [6.45, 7) is 1.72. The lowest BCUT2D eigenvalue weighted by atomic mass is 10.1. The molecule has 9 heteroatoms. The van der Waals surface area contributed by atoms with Gasteiger partial charge in [0.2, 0.25) is 0 Å². The number of thiophene rings is 2. The van der Waals surface area contributed by atoms with Crippen molar-refractivity contribution in [1.29, 1.82) is 0 Å². The number of aromatic amines is 1. The van der Waals surface area contributed by atoms with Crippen molar-refractivity contribution >= 4 is 44.7 Å². The van der Waals surface area contributed by atoms with Crippen LogP contribution in [0.3, 0.4) is 0 Å². The molecule has 0 spiro atoms. The lowest BCUT2D eigenvalue weighted by Crippen LogP contribution is -2.41. The van der Waals surface area contributed by atoms with E-state index in [2.05, 4.69) is 20.8 Å². The second kappa shape index (κ2) is 9.52. The standard InChI is InChI=1S/C25H24N4O3S2/c1-14-20-23(31)26-19(12-15-8-4-2-5-9-15)27-25(20)34-21(14)24(32)29-28-22(30)18-13-16-10-6-3-7-11-17(16)33-18/h2,4-5,8-9,13H,3,6-7,10-12H2,1H3,(H,28,30)(H,29,32)(H,26,27,31). The predicted molar refractivity (Wildman–Crippen MR) is 135 cm³/mol. The van der Waals surface area contributed by atoms with Crippen molar-refractivity contribution < 1.29 is 9.59 Å². The SMILES string of the molecule is Cc1c(C(=O)NNC(=O)c2cc3c(s2)CCCCC3)sc2nc(Cc3ccccc3)[nH]c(=O)c12. The number of H-pyrrole nitrogens is 1. The number of aromatic nitrogens is 2. The van der Waals surface area contributed by atoms with E-state index in [4.69, 9.17) is 0 Å². The van der Waals surface area contributed by atoms with Crippen molar-refractivity contribution in [2.45, 2.75) is 45.4 Å². The van der Waals surface area contributed by atoms with Gasteiger partial charge in [0.1, 0.15) is 10.7 Å². The number of hydrogen-bond acceptors (Lipinski definition) is 6. The molecule has 0 fully saturated rings. The van der Waals surface area contributed by atoms with Crippen LogP contribution in [0.15, 0.2) is 41.2 Å². The summed E-state index contributed by atoms with van der Waals surface area (Å²) < 4.78 is 0. The third-order valence-electron chi connectivity index (χ3n) is 6.03. The number of nitrogens with zero attached hydrogens (tertiary/aromatic N) is 1. The van der Waals surface area contributed by atoms with Crippen molar-refractivity contribution in [2.75, 3.05) is 0 Å². The number of hydrogen-bond donors (Lipinski definition) is 3. The molecule has 0 saturated carbocycles. The molecule has 3 heterocycles. The molecule has 1 aliphatic rings. The van der Waals surface area contributed by atoms with Crippen LogP contribution >= 0.6 is 22.7 Å². The highest BCUT2D eigenvalue weighted by Gasteiger charge is 2.21. The lowest BCUT2D eigenvalue weighted by Gasteiger charge is -2.05. The summed E-state index contributed by atoms with van der Waals surface area (Å²) in [6, 6.07) is 11.7. The van der Waals surface area contributed by atoms with Gasteiger partial charge in [-0.05, 0) is 55.4 Å². The zero-order valence-electron chi connectivity index (χ0n) is 18.7. The van der Waals surface area contributed by atoms with E-state index in [-0.39, 0.29) is 11.5 Å². The smallest absolute Gasteiger partial charge is 0.280 e. The van der Waals surface area contributed by atoms with Crippen LogP contribution in [0.25, 0.3) is 10.2 Å². The van der Waals surface area contributed by atoms with Crippen LogP contribution in [0.1, 0.15) is 66.0 Å². The van der Waals surface area contributed by atoms with Gasteiger partial charge in [-0.15, -0.1) is 22.7 Å². The molecule has 0 bridgehead atoms. The summed E-state index contributed by atoms with van der Waals surface area (Å²) in [5.41, 5.74) is 7.59. The Morgan fingerprint density at radius 2 is 1.79 bits per heavy atom. The van der Waals surface area contributed by atoms with Crippen molar-refractivity contribution in [1.82, 2.24) is 20.8 Å². The average Bonchev–Trinajstić information content (AvgIpc) is 3.31. The first kappa shape index (κ1) is 22.5. The Balaban J connectivity index is 1.32. The Morgan fingerprint density at radius 1 is 1.03 bits per heavy atom. The number of carbonyl (C=O) groups is 2. The summed E-state index contributed by atoms with van der Waals surface area (Å²) in [5.74, 6) is -0.245. The van der Waals surface area contributed by atoms with Gasteiger partial charge in [-0.25, -0.2) is 4.98 Å². The van der Waals surface area contributed by atoms with Gasteiger partial charge in [0.25, 0.3) is 17.4 Å². The van der Waals surface area contributed by atoms with Gasteiger partial charge in [0, 0.05) is 11.3 Å². The zero-order chi connectivity index (χ0) is 23.7. The Kier molecular flexibility index (Phi) is 6.30. The minimum absolute atomic E-state index is 0.271. The van der Waals surface area contributed by atoms with Crippen molar-refractivity contribution in [2.24, 2.45) is 0 Å². The molecule has 0 saturated heterocycles. The van der Waals surface area contributed by atoms with Crippen LogP contribution in [0.2, 0.25) is 0 Å². The van der Waals surface area contributed by atoms with Gasteiger partial charge in [-0.3, -0.25) is 25.2 Å². The number of aryl methyl sites for hydroxylation is 3. The molecule has 2 amide bonds. The summed E-state index contributed by atoms with van der Waals surface area (Å²) in [6.07, 6.45) is 6.02. The minimum atomic E-state index is -0.462. The number of carbonyl (C=O) groups excluding carboxylic acids is 2. The van der Waals surface area contributed by atoms with E-state index in [1.807, 2.05) is 36.4 Å². The molecule has 3 aromatic heterocycles. The second-order valence-electron chi connectivity index (χ2n) is 8.44. The Labute approximate surface area is 204 Å². The van der Waals surface area contributed by atoms with Crippen LogP contribution in [0.4, 0.5) is 0 Å². The van der Waals surface area contributed by atoms with Crippen molar-refractivity contribution in [3.63, 3.8) is 0 Å². The van der Waals surface area contributed by atoms with Crippen molar-refractivity contribution in [3.8, 4) is 0 Å². The third kappa shape index (κ3) is 4.53. The van der Waals surface area contributed by atoms with Gasteiger partial charge in [0.05, 0.1) is 15.1 Å². The van der Waals surface area contributed by atoms with Gasteiger partial charge >= 0.3 is 0 Å². The molecule has 0 radical (unpaired) electrons. The molecule has 4 aromatic rings. The first-order valence-electron chi connectivity index (χ1n) is 11.3. The summed E-state index contributed by atoms with van der Waals surface area (Å²) in [5, 5.41) is 0.403. The van der Waals surface area contributed by atoms with E-state index in [9.17, 15) is 14.4 Å². The Morgan fingerprint density at radius 3 is 2.62 bits per heavy atom. The van der Waals surface area contributed by atoms with Crippen LogP contribution < -0.4 is 16.4 Å². The molecule has 34 heavy (non-hydrogen) atoms. The molecule has 0 aliphatic heterocycles. The fraction of sp³-hybridized carbons (Fsp3) is 0.280. The van der Waals surface area contributed by atoms with E-state index >= 15 is 0 Å². The maximum atomic E-state index is 12.8. The van der Waals surface area contributed by atoms with Crippen LogP contribution in [-0.2, 0) is 19.3 Å². The highest BCUT2D eigenvalue weighted by atomic mass is 32.1. The predicted octanol–water partition coefficient (Wildman–Crippen LogP) is 4.29. The number of nitrogens with one attached hydrogen (secondary N) is 3. The second-order valence-corrected chi connectivity index (χ2v) is 10.6. The van der Waals surface area contributed by atoms with E-state index in [1.54, 1.807) is 6.92 Å². The van der Waals surface area contributed by atoms with Crippen LogP contribution in [-0.4, -0.2) is 21.8 Å². The van der Waals surface area contributed by atoms with E-state index in [1.165, 1.54) is 28.2 Å². The third-order valence-corrected chi connectivity index (χ3v) is 8.45. The maximum Gasteiger partial charge on any atom is 0.280 e. The molecule has 174 valence electrons. The van der Waals surface area contributed by atoms with E-state index < -0.39 is 5.91 Å². The Bertz CT molecular complexity index is 1410. The molecule has 3 N–H and O–H groups in total. The molecule has 0 unspecified atom stereocenters. The fourth-order valence-electron chi connectivity index (χ4n) is 4.29. The number of amides is 2. The highest BCUT2D eigenvalue weighted by Crippen LogP contribution is 2.29. The van der Waals surface area contributed by atoms with Gasteiger partial charge < -0.3 is 4.98 Å². The van der Waals surface area contributed by atoms with Gasteiger partial charge in [-0.2, -0.15) is 0 Å². The van der Waals surface area contributed by atoms with Crippen LogP contribution in [0.5, 0.6) is 0 Å². The number of benzene rings is 1. The zero-order valence-corrected chi connectivity index (χ0v) is 20.3. The summed E-state index contributed by atoms with van der Waals surface area (Å²) >= 11 is 2.65. The van der Waals surface area contributed by atoms with Gasteiger partial charge in [-0.1, -0.05) is 36.8 Å². The maximum absolute atomic E-state index is 12.8. The first-order valence-corrected chi connectivity index (χ1v) is 12.9. The largest absolute Gasteiger partial charge is 0.310 e. The summed E-state index contributed by atoms with van der Waals surface area (Å²) in [7, 11) is 0. The normalized spacial score (nSPS) is 13.3. The van der Waals surface area contributed by atoms with Crippen LogP contribution in [0, 0.1) is 6.92 Å². The molecule has 7 nitrogen and oxygen atoms in total. The summed E-state index contributed by atoms with van der Waals surface area (Å²) in [4.78, 5) is 48.4. The molecular formula is C25H24N4O3S2. The molecule has 0 atom stereocenters. The minimum Gasteiger partial charge on any atom is -0.310 e. The number of hydrazine groups is 1. The lowest BCUT2D eigenvalue weighted by molar-refractivity contribution is 0.0851. The first-order chi connectivity index (χ1) is 16.5. The molecular weight excluding hydrogens is 468 g/mol.